The Hall–Kier alpha value is -9.29. The fourth-order valence-electron chi connectivity index (χ4n) is 22.0. The van der Waals surface area contributed by atoms with Crippen LogP contribution in [-0.4, -0.2) is 165 Å². The molecule has 8 aliphatic carbocycles. The molecule has 25 heteroatoms. The number of amides is 4. The van der Waals surface area contributed by atoms with Gasteiger partial charge in [-0.3, -0.25) is 38.8 Å². The molecule has 0 saturated heterocycles. The van der Waals surface area contributed by atoms with E-state index in [1.165, 1.54) is 5.56 Å². The summed E-state index contributed by atoms with van der Waals surface area (Å²) in [6.07, 6.45) is 21.9. The highest BCUT2D eigenvalue weighted by atomic mass is 16.5. The first-order valence-corrected chi connectivity index (χ1v) is 41.0. The summed E-state index contributed by atoms with van der Waals surface area (Å²) in [6.45, 7) is 14.3. The molecule has 0 aromatic heterocycles. The third-order valence-corrected chi connectivity index (χ3v) is 28.1. The number of nitrogens with two attached hydrogens (primary N) is 4. The lowest BCUT2D eigenvalue weighted by Crippen LogP contribution is -2.53. The molecule has 113 heavy (non-hydrogen) atoms. The molecule has 8 N–H and O–H groups in total. The number of nitrogens with zero attached hydrogens (tertiary/aromatic N) is 11. The zero-order valence-electron chi connectivity index (χ0n) is 68.0. The number of rotatable bonds is 16. The van der Waals surface area contributed by atoms with Crippen molar-refractivity contribution in [2.45, 2.75) is 254 Å². The molecule has 4 saturated carbocycles. The van der Waals surface area contributed by atoms with Gasteiger partial charge in [-0.1, -0.05) is 51.5 Å². The van der Waals surface area contributed by atoms with Crippen molar-refractivity contribution in [1.29, 1.82) is 15.8 Å². The van der Waals surface area contributed by atoms with Gasteiger partial charge >= 0.3 is 0 Å². The molecule has 4 aliphatic heterocycles. The Morgan fingerprint density at radius 1 is 0.434 bits per heavy atom. The minimum atomic E-state index is -1.01. The van der Waals surface area contributed by atoms with Crippen molar-refractivity contribution in [2.24, 2.45) is 64.6 Å². The van der Waals surface area contributed by atoms with Crippen molar-refractivity contribution in [3.63, 3.8) is 0 Å². The molecule has 4 fully saturated rings. The van der Waals surface area contributed by atoms with Crippen LogP contribution in [0.15, 0.2) is 92.8 Å². The van der Waals surface area contributed by atoms with Gasteiger partial charge in [0.1, 0.15) is 12.4 Å². The number of ether oxygens (including phenoxy) is 6. The summed E-state index contributed by atoms with van der Waals surface area (Å²) in [5, 5.41) is 28.3. The summed E-state index contributed by atoms with van der Waals surface area (Å²) >= 11 is 0. The van der Waals surface area contributed by atoms with Crippen molar-refractivity contribution in [3.8, 4) is 24.0 Å². The molecule has 0 radical (unpaired) electrons. The zero-order chi connectivity index (χ0) is 80.8. The van der Waals surface area contributed by atoms with E-state index in [4.69, 9.17) is 71.3 Å². The SMILES string of the molecule is CCC(C)N1C(=O)C2(N=C1N)c1cc(C#N)ccc1CC21CCC(OC)CC1.CCCCN1C(=O)C2(N=C1N)c1cc(C#N)ccc1CC21CCC(OC)CC1.CCCN1C(=O)C2(N=C1N)c1cc(C#N)ccc1CC21CCC(OC)CC1.COCCOc1ccc2c(c1)C1(N=C(N)N(C(C)C)C1=O)C1(CCC(OC)CC1)C2. The first-order valence-electron chi connectivity index (χ1n) is 41.0. The van der Waals surface area contributed by atoms with Gasteiger partial charge in [0, 0.05) is 82.4 Å². The van der Waals surface area contributed by atoms with Crippen molar-refractivity contribution < 1.29 is 47.6 Å². The van der Waals surface area contributed by atoms with Crippen LogP contribution in [0.3, 0.4) is 0 Å². The van der Waals surface area contributed by atoms with Crippen molar-refractivity contribution in [3.05, 3.63) is 134 Å². The van der Waals surface area contributed by atoms with E-state index < -0.39 is 22.2 Å². The van der Waals surface area contributed by atoms with E-state index in [2.05, 4.69) is 31.2 Å². The van der Waals surface area contributed by atoms with Gasteiger partial charge in [0.05, 0.1) is 65.9 Å². The first kappa shape index (κ1) is 81.7. The molecule has 4 aromatic carbocycles. The largest absolute Gasteiger partial charge is 0.491 e. The van der Waals surface area contributed by atoms with Gasteiger partial charge in [-0.25, -0.2) is 20.0 Å². The number of carbonyl (C=O) groups excluding carboxylic acids is 4. The Morgan fingerprint density at radius 2 is 0.761 bits per heavy atom. The van der Waals surface area contributed by atoms with E-state index in [1.807, 2.05) is 101 Å². The summed E-state index contributed by atoms with van der Waals surface area (Å²) in [5.74, 6) is 1.94. The van der Waals surface area contributed by atoms with Gasteiger partial charge in [-0.2, -0.15) is 15.8 Å². The van der Waals surface area contributed by atoms with Crippen LogP contribution < -0.4 is 27.7 Å². The van der Waals surface area contributed by atoms with Crippen LogP contribution in [0.25, 0.3) is 0 Å². The second-order valence-electron chi connectivity index (χ2n) is 33.9. The molecule has 12 aliphatic rings. The summed E-state index contributed by atoms with van der Waals surface area (Å²) in [7, 11) is 8.67. The average molecular weight is 1540 g/mol. The molecule has 5 unspecified atom stereocenters. The van der Waals surface area contributed by atoms with Crippen LogP contribution in [0.5, 0.6) is 5.75 Å². The number of hydrogen-bond donors (Lipinski definition) is 4. The lowest BCUT2D eigenvalue weighted by atomic mass is 9.61. The van der Waals surface area contributed by atoms with Crippen molar-refractivity contribution in [2.75, 3.05) is 61.9 Å². The molecule has 4 heterocycles. The topological polar surface area (TPSA) is 362 Å². The van der Waals surface area contributed by atoms with Gasteiger partial charge in [0.2, 0.25) is 0 Å². The number of nitriles is 3. The maximum atomic E-state index is 14.0. The molecular formula is C88H115N15O10. The maximum absolute atomic E-state index is 14.0. The number of unbranched alkanes of at least 4 members (excludes halogenated alkanes) is 1. The fourth-order valence-corrected chi connectivity index (χ4v) is 22.0. The first-order chi connectivity index (χ1) is 54.3. The number of guanidine groups is 4. The Kier molecular flexibility index (Phi) is 23.3. The van der Waals surface area contributed by atoms with E-state index in [-0.39, 0.29) is 81.8 Å². The van der Waals surface area contributed by atoms with Crippen LogP contribution >= 0.6 is 0 Å². The highest BCUT2D eigenvalue weighted by Crippen LogP contribution is 2.67. The van der Waals surface area contributed by atoms with E-state index >= 15 is 0 Å². The highest BCUT2D eigenvalue weighted by molar-refractivity contribution is 6.11. The average Bonchev–Trinajstić information content (AvgIpc) is 1.55. The predicted octanol–water partition coefficient (Wildman–Crippen LogP) is 10.7. The summed E-state index contributed by atoms with van der Waals surface area (Å²) in [6, 6.07) is 29.8. The third kappa shape index (κ3) is 13.0. The number of aliphatic imine (C=N–C) groups is 4. The number of hydrogen-bond acceptors (Lipinski definition) is 21. The molecule has 4 amide bonds. The Labute approximate surface area is 665 Å². The summed E-state index contributed by atoms with van der Waals surface area (Å²) in [4.78, 5) is 81.8. The third-order valence-electron chi connectivity index (χ3n) is 28.1. The second-order valence-corrected chi connectivity index (χ2v) is 33.9. The standard InChI is InChI=1S/C23H33N3O4.2C22H28N4O2.C21H26N4O2/c1-15(2)26-20(27)23(25-21(26)24)19-13-18(30-12-11-28-3)6-5-16(19)14-22(23)9-7-17(29-4)8-10-22;1-4-14(2)26-19(27)22(25-20(26)24)18-11-15(13-23)5-6-16(18)12-21(22)9-7-17(28-3)8-10-21;1-3-4-11-26-19(27)22(25-20(26)24)18-12-15(14-23)5-6-16(18)13-21(22)9-7-17(28-2)8-10-21;1-3-10-25-18(26)21(24-19(25)23)17-11-14(13-22)4-5-15(17)12-20(21)8-6-16(27-2)7-9-20/h5-6,13,15,17H,7-12,14H2,1-4H3,(H2,24,25);5-6,11,14,17H,4,7-10,12H2,1-3H3,(H2,24,25);5-6,12,17H,3-4,7-11,13H2,1-2H3,(H2,24,25);4-5,11,16H,3,6-10,12H2,1-2H3,(H2,23,24). The summed E-state index contributed by atoms with van der Waals surface area (Å²) in [5.41, 5.74) is 29.9. The molecule has 602 valence electrons. The lowest BCUT2D eigenvalue weighted by molar-refractivity contribution is -0.140. The van der Waals surface area contributed by atoms with Crippen LogP contribution in [0, 0.1) is 55.7 Å². The van der Waals surface area contributed by atoms with Crippen LogP contribution in [0.4, 0.5) is 0 Å². The van der Waals surface area contributed by atoms with E-state index in [9.17, 15) is 35.0 Å². The predicted molar refractivity (Wildman–Crippen MR) is 429 cm³/mol. The van der Waals surface area contributed by atoms with E-state index in [1.54, 1.807) is 55.1 Å². The molecule has 16 rings (SSSR count). The van der Waals surface area contributed by atoms with Crippen LogP contribution in [0.1, 0.15) is 231 Å². The molecule has 5 atom stereocenters. The van der Waals surface area contributed by atoms with Gasteiger partial charge in [-0.05, 0) is 261 Å². The van der Waals surface area contributed by atoms with Crippen LogP contribution in [0.2, 0.25) is 0 Å². The highest BCUT2D eigenvalue weighted by Gasteiger charge is 2.71. The smallest absolute Gasteiger partial charge is 0.262 e. The Morgan fingerprint density at radius 3 is 1.08 bits per heavy atom. The fraction of sp³-hybridized carbons (Fsp3) is 0.602. The lowest BCUT2D eigenvalue weighted by Gasteiger charge is -2.45. The van der Waals surface area contributed by atoms with E-state index in [0.29, 0.717) is 66.8 Å². The Bertz CT molecular complexity index is 4580. The van der Waals surface area contributed by atoms with Crippen LogP contribution in [-0.2, 0) is 90.7 Å². The number of methoxy groups -OCH3 is 5. The van der Waals surface area contributed by atoms with Gasteiger partial charge < -0.3 is 51.4 Å². The van der Waals surface area contributed by atoms with Gasteiger partial charge in [0.15, 0.2) is 46.0 Å². The molecule has 25 nitrogen and oxygen atoms in total. The maximum Gasteiger partial charge on any atom is 0.262 e. The number of fused-ring (bicyclic) bond motifs is 12. The molecular weight excluding hydrogens is 1430 g/mol. The van der Waals surface area contributed by atoms with Crippen molar-refractivity contribution in [1.82, 2.24) is 19.6 Å². The number of benzene rings is 4. The van der Waals surface area contributed by atoms with E-state index in [0.717, 1.165) is 199 Å². The minimum absolute atomic E-state index is 0.00124. The Balaban J connectivity index is 0.000000132. The quantitative estimate of drug-likeness (QED) is 0.0757. The summed E-state index contributed by atoms with van der Waals surface area (Å²) < 4.78 is 33.3. The second kappa shape index (κ2) is 32.2. The zero-order valence-corrected chi connectivity index (χ0v) is 68.0. The van der Waals surface area contributed by atoms with Gasteiger partial charge in [-0.15, -0.1) is 0 Å². The minimum Gasteiger partial charge on any atom is -0.491 e. The van der Waals surface area contributed by atoms with Gasteiger partial charge in [0.25, 0.3) is 23.6 Å². The monoisotopic (exact) mass is 1540 g/mol. The van der Waals surface area contributed by atoms with Crippen molar-refractivity contribution >= 4 is 47.5 Å². The molecule has 0 bridgehead atoms. The number of carbonyl (C=O) groups is 4. The normalized spacial score (nSPS) is 31.5. The molecule has 4 aromatic rings. The molecule has 8 spiro atoms.